The molecule has 0 bridgehead atoms. The number of ketones is 1. The van der Waals surface area contributed by atoms with Crippen molar-refractivity contribution in [1.29, 1.82) is 0 Å². The molecule has 0 amide bonds. The van der Waals surface area contributed by atoms with E-state index in [4.69, 9.17) is 9.78 Å². The second kappa shape index (κ2) is 5.57. The summed E-state index contributed by atoms with van der Waals surface area (Å²) in [5, 5.41) is 12.2. The van der Waals surface area contributed by atoms with Gasteiger partial charge in [0.25, 0.3) is 0 Å². The summed E-state index contributed by atoms with van der Waals surface area (Å²) in [4.78, 5) is 16.1. The minimum atomic E-state index is -0.0639. The fourth-order valence-corrected chi connectivity index (χ4v) is 1.70. The number of carbonyl (C=O) groups is 1. The standard InChI is InChI=1S/C13H13NO4/c1-9-11(8-17-16)13(18-14-9)7-12(15)10-5-3-2-4-6-10/h2-6,16H,7-8H2,1H3. The molecule has 1 aromatic heterocycles. The molecule has 0 atom stereocenters. The highest BCUT2D eigenvalue weighted by atomic mass is 17.1. The number of benzene rings is 1. The van der Waals surface area contributed by atoms with Crippen molar-refractivity contribution in [3.05, 3.63) is 52.9 Å². The number of rotatable bonds is 5. The van der Waals surface area contributed by atoms with Crippen LogP contribution in [0.3, 0.4) is 0 Å². The Morgan fingerprint density at radius 3 is 2.78 bits per heavy atom. The lowest BCUT2D eigenvalue weighted by molar-refractivity contribution is -0.253. The van der Waals surface area contributed by atoms with Gasteiger partial charge in [0.05, 0.1) is 12.1 Å². The third kappa shape index (κ3) is 2.64. The monoisotopic (exact) mass is 247 g/mol. The van der Waals surface area contributed by atoms with Crippen LogP contribution in [0.4, 0.5) is 0 Å². The zero-order chi connectivity index (χ0) is 13.0. The van der Waals surface area contributed by atoms with Gasteiger partial charge in [0.15, 0.2) is 5.78 Å². The van der Waals surface area contributed by atoms with Crippen LogP contribution in [-0.4, -0.2) is 16.2 Å². The molecule has 5 heteroatoms. The molecule has 0 radical (unpaired) electrons. The van der Waals surface area contributed by atoms with Crippen LogP contribution in [-0.2, 0) is 17.9 Å². The normalized spacial score (nSPS) is 10.6. The van der Waals surface area contributed by atoms with Crippen LogP contribution in [0, 0.1) is 6.92 Å². The molecule has 0 saturated carbocycles. The van der Waals surface area contributed by atoms with Crippen LogP contribution < -0.4 is 0 Å². The van der Waals surface area contributed by atoms with Gasteiger partial charge in [0.1, 0.15) is 12.4 Å². The predicted molar refractivity (Wildman–Crippen MR) is 63.1 cm³/mol. The molecule has 18 heavy (non-hydrogen) atoms. The Morgan fingerprint density at radius 2 is 2.11 bits per heavy atom. The average molecular weight is 247 g/mol. The molecular weight excluding hydrogens is 234 g/mol. The molecule has 0 fully saturated rings. The van der Waals surface area contributed by atoms with E-state index in [0.29, 0.717) is 22.6 Å². The smallest absolute Gasteiger partial charge is 0.170 e. The topological polar surface area (TPSA) is 72.6 Å². The van der Waals surface area contributed by atoms with Crippen molar-refractivity contribution in [1.82, 2.24) is 5.16 Å². The number of nitrogens with zero attached hydrogens (tertiary/aromatic N) is 1. The summed E-state index contributed by atoms with van der Waals surface area (Å²) < 4.78 is 5.08. The van der Waals surface area contributed by atoms with Crippen molar-refractivity contribution in [2.24, 2.45) is 0 Å². The van der Waals surface area contributed by atoms with Gasteiger partial charge in [0.2, 0.25) is 0 Å². The Labute approximate surface area is 104 Å². The van der Waals surface area contributed by atoms with Crippen molar-refractivity contribution in [2.45, 2.75) is 20.0 Å². The van der Waals surface area contributed by atoms with E-state index in [-0.39, 0.29) is 18.8 Å². The molecule has 1 heterocycles. The highest BCUT2D eigenvalue weighted by Gasteiger charge is 2.17. The number of aryl methyl sites for hydroxylation is 1. The van der Waals surface area contributed by atoms with E-state index in [1.807, 2.05) is 6.07 Å². The number of aromatic nitrogens is 1. The molecule has 2 rings (SSSR count). The Morgan fingerprint density at radius 1 is 1.39 bits per heavy atom. The summed E-state index contributed by atoms with van der Waals surface area (Å²) in [5.74, 6) is 0.362. The van der Waals surface area contributed by atoms with Gasteiger partial charge in [-0.25, -0.2) is 4.89 Å². The molecule has 0 aliphatic rings. The van der Waals surface area contributed by atoms with E-state index >= 15 is 0 Å². The summed E-state index contributed by atoms with van der Waals surface area (Å²) in [6.07, 6.45) is 0.101. The first kappa shape index (κ1) is 12.5. The lowest BCUT2D eigenvalue weighted by atomic mass is 10.0. The fraction of sp³-hybridized carbons (Fsp3) is 0.231. The van der Waals surface area contributed by atoms with Crippen LogP contribution >= 0.6 is 0 Å². The van der Waals surface area contributed by atoms with Crippen molar-refractivity contribution in [3.8, 4) is 0 Å². The maximum absolute atomic E-state index is 12.0. The van der Waals surface area contributed by atoms with Crippen molar-refractivity contribution in [2.75, 3.05) is 0 Å². The molecule has 0 unspecified atom stereocenters. The highest BCUT2D eigenvalue weighted by molar-refractivity contribution is 5.97. The predicted octanol–water partition coefficient (Wildman–Crippen LogP) is 2.40. The fourth-order valence-electron chi connectivity index (χ4n) is 1.70. The van der Waals surface area contributed by atoms with E-state index < -0.39 is 0 Å². The van der Waals surface area contributed by atoms with E-state index in [1.165, 1.54) is 0 Å². The molecule has 1 aromatic carbocycles. The second-order valence-corrected chi connectivity index (χ2v) is 3.91. The SMILES string of the molecule is Cc1noc(CC(=O)c2ccccc2)c1COO. The zero-order valence-corrected chi connectivity index (χ0v) is 9.92. The number of carbonyl (C=O) groups excluding carboxylic acids is 1. The highest BCUT2D eigenvalue weighted by Crippen LogP contribution is 2.17. The van der Waals surface area contributed by atoms with E-state index in [0.717, 1.165) is 0 Å². The molecule has 0 aliphatic carbocycles. The quantitative estimate of drug-likeness (QED) is 0.499. The number of hydrogen-bond donors (Lipinski definition) is 1. The van der Waals surface area contributed by atoms with E-state index in [1.54, 1.807) is 31.2 Å². The van der Waals surface area contributed by atoms with Gasteiger partial charge in [-0.1, -0.05) is 35.5 Å². The molecule has 0 aliphatic heterocycles. The first-order valence-corrected chi connectivity index (χ1v) is 5.51. The third-order valence-corrected chi connectivity index (χ3v) is 2.69. The molecule has 94 valence electrons. The van der Waals surface area contributed by atoms with Crippen LogP contribution in [0.15, 0.2) is 34.9 Å². The van der Waals surface area contributed by atoms with Gasteiger partial charge in [-0.2, -0.15) is 0 Å². The van der Waals surface area contributed by atoms with Gasteiger partial charge < -0.3 is 4.52 Å². The zero-order valence-electron chi connectivity index (χ0n) is 9.92. The van der Waals surface area contributed by atoms with Gasteiger partial charge in [-0.05, 0) is 6.92 Å². The van der Waals surface area contributed by atoms with Gasteiger partial charge in [0, 0.05) is 11.1 Å². The molecule has 0 saturated heterocycles. The summed E-state index contributed by atoms with van der Waals surface area (Å²) in [5.41, 5.74) is 1.84. The number of Topliss-reactive ketones (excluding diaryl/α,β-unsaturated/α-hetero) is 1. The van der Waals surface area contributed by atoms with Crippen molar-refractivity contribution in [3.63, 3.8) is 0 Å². The van der Waals surface area contributed by atoms with Crippen LogP contribution in [0.2, 0.25) is 0 Å². The second-order valence-electron chi connectivity index (χ2n) is 3.91. The van der Waals surface area contributed by atoms with Gasteiger partial charge in [-0.15, -0.1) is 0 Å². The lowest BCUT2D eigenvalue weighted by Crippen LogP contribution is -2.05. The first-order chi connectivity index (χ1) is 8.72. The maximum Gasteiger partial charge on any atom is 0.170 e. The third-order valence-electron chi connectivity index (χ3n) is 2.69. The minimum absolute atomic E-state index is 0.0350. The minimum Gasteiger partial charge on any atom is -0.360 e. The Bertz CT molecular complexity index is 533. The van der Waals surface area contributed by atoms with Crippen LogP contribution in [0.5, 0.6) is 0 Å². The summed E-state index contributed by atoms with van der Waals surface area (Å²) in [6, 6.07) is 8.94. The molecule has 2 aromatic rings. The largest absolute Gasteiger partial charge is 0.360 e. The lowest BCUT2D eigenvalue weighted by Gasteiger charge is -2.00. The summed E-state index contributed by atoms with van der Waals surface area (Å²) in [6.45, 7) is 1.70. The van der Waals surface area contributed by atoms with Crippen molar-refractivity contribution < 1.29 is 19.5 Å². The van der Waals surface area contributed by atoms with Crippen molar-refractivity contribution >= 4 is 5.78 Å². The van der Waals surface area contributed by atoms with Crippen LogP contribution in [0.1, 0.15) is 27.4 Å². The Balaban J connectivity index is 2.17. The molecule has 5 nitrogen and oxygen atoms in total. The maximum atomic E-state index is 12.0. The summed E-state index contributed by atoms with van der Waals surface area (Å²) >= 11 is 0. The van der Waals surface area contributed by atoms with Gasteiger partial charge in [-0.3, -0.25) is 10.1 Å². The average Bonchev–Trinajstić information content (AvgIpc) is 2.73. The Kier molecular flexibility index (Phi) is 3.86. The molecule has 1 N–H and O–H groups in total. The van der Waals surface area contributed by atoms with Gasteiger partial charge >= 0.3 is 0 Å². The molecular formula is C13H13NO4. The molecule has 0 spiro atoms. The van der Waals surface area contributed by atoms with Crippen LogP contribution in [0.25, 0.3) is 0 Å². The number of hydrogen-bond acceptors (Lipinski definition) is 5. The summed E-state index contributed by atoms with van der Waals surface area (Å²) in [7, 11) is 0. The Hall–Kier alpha value is -1.98. The van der Waals surface area contributed by atoms with E-state index in [9.17, 15) is 4.79 Å². The first-order valence-electron chi connectivity index (χ1n) is 5.51. The van der Waals surface area contributed by atoms with E-state index in [2.05, 4.69) is 10.0 Å².